The molecule has 2 rings (SSSR count). The Bertz CT molecular complexity index is 696. The van der Waals surface area contributed by atoms with Crippen molar-refractivity contribution < 1.29 is 19.1 Å². The third-order valence-electron chi connectivity index (χ3n) is 2.85. The third kappa shape index (κ3) is 3.22. The molecule has 6 nitrogen and oxygen atoms in total. The molecule has 1 atom stereocenters. The number of carboxylic acids is 1. The minimum atomic E-state index is -1.27. The van der Waals surface area contributed by atoms with Crippen LogP contribution in [0.15, 0.2) is 28.7 Å². The zero-order chi connectivity index (χ0) is 15.6. The summed E-state index contributed by atoms with van der Waals surface area (Å²) < 4.78 is 5.17. The fourth-order valence-electron chi connectivity index (χ4n) is 1.92. The SMILES string of the molecule is Cc1nc(C)c(C(=O)N[C@@H](C(=O)O)c2ccccc2Cl)o1. The molecule has 0 radical (unpaired) electrons. The molecule has 7 heteroatoms. The lowest BCUT2D eigenvalue weighted by atomic mass is 10.1. The summed E-state index contributed by atoms with van der Waals surface area (Å²) in [7, 11) is 0. The molecule has 0 saturated carbocycles. The zero-order valence-electron chi connectivity index (χ0n) is 11.4. The maximum atomic E-state index is 12.1. The van der Waals surface area contributed by atoms with Gasteiger partial charge in [-0.1, -0.05) is 29.8 Å². The molecule has 0 spiro atoms. The number of benzene rings is 1. The number of carbonyl (C=O) groups excluding carboxylic acids is 1. The van der Waals surface area contributed by atoms with E-state index in [1.54, 1.807) is 38.1 Å². The van der Waals surface area contributed by atoms with Crippen molar-refractivity contribution in [2.75, 3.05) is 0 Å². The van der Waals surface area contributed by atoms with E-state index >= 15 is 0 Å². The van der Waals surface area contributed by atoms with Gasteiger partial charge < -0.3 is 14.8 Å². The van der Waals surface area contributed by atoms with Crippen LogP contribution in [0, 0.1) is 13.8 Å². The average Bonchev–Trinajstić information content (AvgIpc) is 2.75. The van der Waals surface area contributed by atoms with Crippen LogP contribution in [0.5, 0.6) is 0 Å². The van der Waals surface area contributed by atoms with Crippen LogP contribution in [-0.2, 0) is 4.79 Å². The smallest absolute Gasteiger partial charge is 0.330 e. The summed E-state index contributed by atoms with van der Waals surface area (Å²) in [5.41, 5.74) is 0.696. The summed E-state index contributed by atoms with van der Waals surface area (Å²) in [6, 6.07) is 5.16. The monoisotopic (exact) mass is 308 g/mol. The number of oxazole rings is 1. The summed E-state index contributed by atoms with van der Waals surface area (Å²) in [6.45, 7) is 3.21. The highest BCUT2D eigenvalue weighted by Crippen LogP contribution is 2.23. The molecule has 21 heavy (non-hydrogen) atoms. The molecule has 1 amide bonds. The standard InChI is InChI=1S/C14H13ClN2O4/c1-7-12(21-8(2)16-7)13(18)17-11(14(19)20)9-5-3-4-6-10(9)15/h3-6,11H,1-2H3,(H,17,18)(H,19,20)/t11-/m1/s1. The average molecular weight is 309 g/mol. The van der Waals surface area contributed by atoms with Crippen LogP contribution in [0.4, 0.5) is 0 Å². The van der Waals surface area contributed by atoms with Crippen LogP contribution in [-0.4, -0.2) is 22.0 Å². The lowest BCUT2D eigenvalue weighted by Gasteiger charge is -2.15. The number of hydrogen-bond donors (Lipinski definition) is 2. The van der Waals surface area contributed by atoms with Gasteiger partial charge in [0.15, 0.2) is 11.9 Å². The summed E-state index contributed by atoms with van der Waals surface area (Å²) in [5, 5.41) is 11.9. The number of carboxylic acid groups (broad SMARTS) is 1. The number of nitrogens with zero attached hydrogens (tertiary/aromatic N) is 1. The van der Waals surface area contributed by atoms with Crippen molar-refractivity contribution in [3.05, 3.63) is 52.2 Å². The summed E-state index contributed by atoms with van der Waals surface area (Å²) in [6.07, 6.45) is 0. The van der Waals surface area contributed by atoms with E-state index in [4.69, 9.17) is 16.0 Å². The van der Waals surface area contributed by atoms with E-state index in [-0.39, 0.29) is 10.8 Å². The van der Waals surface area contributed by atoms with Crippen molar-refractivity contribution in [2.45, 2.75) is 19.9 Å². The first-order valence-corrected chi connectivity index (χ1v) is 6.50. The Balaban J connectivity index is 2.29. The highest BCUT2D eigenvalue weighted by Gasteiger charge is 2.27. The molecule has 2 aromatic rings. The van der Waals surface area contributed by atoms with Gasteiger partial charge in [0.05, 0.1) is 5.69 Å². The Labute approximate surface area is 125 Å². The Hall–Kier alpha value is -2.34. The van der Waals surface area contributed by atoms with Gasteiger partial charge in [0.2, 0.25) is 5.76 Å². The van der Waals surface area contributed by atoms with Gasteiger partial charge >= 0.3 is 5.97 Å². The van der Waals surface area contributed by atoms with Crippen LogP contribution in [0.1, 0.15) is 33.7 Å². The molecule has 0 aliphatic rings. The second kappa shape index (κ2) is 5.97. The van der Waals surface area contributed by atoms with E-state index in [2.05, 4.69) is 10.3 Å². The number of nitrogens with one attached hydrogen (secondary N) is 1. The van der Waals surface area contributed by atoms with Crippen molar-refractivity contribution in [2.24, 2.45) is 0 Å². The first kappa shape index (κ1) is 15.1. The predicted molar refractivity (Wildman–Crippen MR) is 75.3 cm³/mol. The minimum Gasteiger partial charge on any atom is -0.479 e. The molecule has 110 valence electrons. The van der Waals surface area contributed by atoms with Gasteiger partial charge in [0.25, 0.3) is 5.91 Å². The topological polar surface area (TPSA) is 92.4 Å². The number of halogens is 1. The predicted octanol–water partition coefficient (Wildman–Crippen LogP) is 2.50. The Morgan fingerprint density at radius 2 is 2.00 bits per heavy atom. The van der Waals surface area contributed by atoms with E-state index in [1.807, 2.05) is 0 Å². The van der Waals surface area contributed by atoms with Gasteiger partial charge in [0.1, 0.15) is 0 Å². The maximum Gasteiger partial charge on any atom is 0.330 e. The van der Waals surface area contributed by atoms with E-state index in [9.17, 15) is 14.7 Å². The van der Waals surface area contributed by atoms with Gasteiger partial charge in [-0.2, -0.15) is 0 Å². The van der Waals surface area contributed by atoms with Gasteiger partial charge in [-0.25, -0.2) is 9.78 Å². The highest BCUT2D eigenvalue weighted by atomic mass is 35.5. The third-order valence-corrected chi connectivity index (χ3v) is 3.19. The van der Waals surface area contributed by atoms with Gasteiger partial charge in [0, 0.05) is 17.5 Å². The number of aromatic nitrogens is 1. The van der Waals surface area contributed by atoms with Crippen molar-refractivity contribution in [3.8, 4) is 0 Å². The molecule has 0 bridgehead atoms. The van der Waals surface area contributed by atoms with Crippen molar-refractivity contribution >= 4 is 23.5 Å². The number of aryl methyl sites for hydroxylation is 2. The number of amides is 1. The Morgan fingerprint density at radius 3 is 2.52 bits per heavy atom. The van der Waals surface area contributed by atoms with E-state index in [1.165, 1.54) is 0 Å². The van der Waals surface area contributed by atoms with Crippen molar-refractivity contribution in [1.82, 2.24) is 10.3 Å². The molecule has 0 saturated heterocycles. The second-order valence-corrected chi connectivity index (χ2v) is 4.82. The second-order valence-electron chi connectivity index (χ2n) is 4.41. The molecule has 0 aliphatic heterocycles. The van der Waals surface area contributed by atoms with Crippen LogP contribution < -0.4 is 5.32 Å². The largest absolute Gasteiger partial charge is 0.479 e. The molecule has 0 unspecified atom stereocenters. The number of carbonyl (C=O) groups is 2. The lowest BCUT2D eigenvalue weighted by molar-refractivity contribution is -0.139. The van der Waals surface area contributed by atoms with Gasteiger partial charge in [-0.15, -0.1) is 0 Å². The van der Waals surface area contributed by atoms with Crippen LogP contribution in [0.2, 0.25) is 5.02 Å². The molecular weight excluding hydrogens is 296 g/mol. The number of aliphatic carboxylic acids is 1. The van der Waals surface area contributed by atoms with Crippen molar-refractivity contribution in [3.63, 3.8) is 0 Å². The summed E-state index contributed by atoms with van der Waals surface area (Å²) in [4.78, 5) is 27.5. The molecular formula is C14H13ClN2O4. The molecule has 1 heterocycles. The Kier molecular flexibility index (Phi) is 4.28. The highest BCUT2D eigenvalue weighted by molar-refractivity contribution is 6.31. The van der Waals surface area contributed by atoms with E-state index in [0.29, 0.717) is 17.1 Å². The quantitative estimate of drug-likeness (QED) is 0.905. The molecule has 0 fully saturated rings. The summed E-state index contributed by atoms with van der Waals surface area (Å²) >= 11 is 5.98. The number of rotatable bonds is 4. The number of hydrogen-bond acceptors (Lipinski definition) is 4. The van der Waals surface area contributed by atoms with Crippen LogP contribution in [0.25, 0.3) is 0 Å². The van der Waals surface area contributed by atoms with Crippen molar-refractivity contribution in [1.29, 1.82) is 0 Å². The fourth-order valence-corrected chi connectivity index (χ4v) is 2.17. The fraction of sp³-hybridized carbons (Fsp3) is 0.214. The molecule has 1 aromatic carbocycles. The van der Waals surface area contributed by atoms with E-state index < -0.39 is 17.9 Å². The molecule has 2 N–H and O–H groups in total. The van der Waals surface area contributed by atoms with Gasteiger partial charge in [-0.3, -0.25) is 4.79 Å². The first-order valence-electron chi connectivity index (χ1n) is 6.12. The van der Waals surface area contributed by atoms with Crippen LogP contribution in [0.3, 0.4) is 0 Å². The zero-order valence-corrected chi connectivity index (χ0v) is 12.1. The molecule has 0 aliphatic carbocycles. The van der Waals surface area contributed by atoms with Gasteiger partial charge in [-0.05, 0) is 13.0 Å². The minimum absolute atomic E-state index is 0.00852. The molecule has 1 aromatic heterocycles. The van der Waals surface area contributed by atoms with Crippen LogP contribution >= 0.6 is 11.6 Å². The normalized spacial score (nSPS) is 12.0. The maximum absolute atomic E-state index is 12.1. The lowest BCUT2D eigenvalue weighted by Crippen LogP contribution is -2.34. The first-order chi connectivity index (χ1) is 9.90. The summed E-state index contributed by atoms with van der Waals surface area (Å²) in [5.74, 6) is -1.54. The van der Waals surface area contributed by atoms with E-state index in [0.717, 1.165) is 0 Å². The Morgan fingerprint density at radius 1 is 1.33 bits per heavy atom.